The van der Waals surface area contributed by atoms with Crippen LogP contribution in [0.5, 0.6) is 0 Å². The Morgan fingerprint density at radius 2 is 1.82 bits per heavy atom. The van der Waals surface area contributed by atoms with Crippen molar-refractivity contribution < 1.29 is 0 Å². The van der Waals surface area contributed by atoms with Gasteiger partial charge in [0, 0.05) is 11.3 Å². The number of hydrogen-bond donors (Lipinski definition) is 2. The molecule has 2 nitrogen and oxygen atoms in total. The maximum atomic E-state index is 5.54. The first kappa shape index (κ1) is 11.6. The molecule has 0 atom stereocenters. The summed E-state index contributed by atoms with van der Waals surface area (Å²) in [7, 11) is 0. The lowest BCUT2D eigenvalue weighted by Gasteiger charge is -2.12. The third-order valence-electron chi connectivity index (χ3n) is 2.52. The molecule has 0 unspecified atom stereocenters. The molecule has 0 aliphatic rings. The first-order valence-electron chi connectivity index (χ1n) is 5.39. The molecule has 2 aromatic rings. The summed E-state index contributed by atoms with van der Waals surface area (Å²) in [6.07, 6.45) is 0. The minimum atomic E-state index is 0.285. The Morgan fingerprint density at radius 1 is 1.12 bits per heavy atom. The van der Waals surface area contributed by atoms with E-state index in [1.54, 1.807) is 0 Å². The Labute approximate surface area is 106 Å². The molecule has 0 amide bonds. The molecule has 17 heavy (non-hydrogen) atoms. The minimum Gasteiger partial charge on any atom is -0.376 e. The summed E-state index contributed by atoms with van der Waals surface area (Å²) >= 11 is 4.90. The summed E-state index contributed by atoms with van der Waals surface area (Å²) in [5, 5.41) is 3.31. The molecule has 2 rings (SSSR count). The predicted molar refractivity (Wildman–Crippen MR) is 77.0 cm³/mol. The van der Waals surface area contributed by atoms with Gasteiger partial charge in [0.05, 0.1) is 0 Å². The summed E-state index contributed by atoms with van der Waals surface area (Å²) in [6.45, 7) is 2.04. The number of anilines is 1. The lowest BCUT2D eigenvalue weighted by Crippen LogP contribution is -2.19. The molecule has 86 valence electrons. The summed E-state index contributed by atoms with van der Waals surface area (Å²) < 4.78 is 0. The van der Waals surface area contributed by atoms with Crippen molar-refractivity contribution in [3.63, 3.8) is 0 Å². The van der Waals surface area contributed by atoms with E-state index in [-0.39, 0.29) is 5.11 Å². The molecule has 0 aliphatic heterocycles. The Kier molecular flexibility index (Phi) is 3.40. The van der Waals surface area contributed by atoms with Crippen LogP contribution in [-0.2, 0) is 0 Å². The van der Waals surface area contributed by atoms with Gasteiger partial charge in [-0.15, -0.1) is 0 Å². The zero-order valence-corrected chi connectivity index (χ0v) is 10.4. The first-order chi connectivity index (χ1) is 8.16. The number of hydrogen-bond acceptors (Lipinski definition) is 1. The Morgan fingerprint density at radius 3 is 2.47 bits per heavy atom. The van der Waals surface area contributed by atoms with E-state index in [0.717, 1.165) is 16.8 Å². The molecule has 3 N–H and O–H groups in total. The van der Waals surface area contributed by atoms with E-state index >= 15 is 0 Å². The quantitative estimate of drug-likeness (QED) is 0.793. The summed E-state index contributed by atoms with van der Waals surface area (Å²) in [5.41, 5.74) is 9.91. The highest BCUT2D eigenvalue weighted by molar-refractivity contribution is 7.80. The molecule has 0 heterocycles. The molecule has 0 fully saturated rings. The molecule has 2 aromatic carbocycles. The normalized spacial score (nSPS) is 9.94. The van der Waals surface area contributed by atoms with Crippen LogP contribution in [0.3, 0.4) is 0 Å². The first-order valence-corrected chi connectivity index (χ1v) is 5.80. The molecule has 3 heteroatoms. The van der Waals surface area contributed by atoms with Crippen LogP contribution in [0.4, 0.5) is 5.69 Å². The molecule has 0 saturated carbocycles. The van der Waals surface area contributed by atoms with E-state index in [2.05, 4.69) is 29.6 Å². The van der Waals surface area contributed by atoms with Crippen molar-refractivity contribution in [2.45, 2.75) is 6.92 Å². The van der Waals surface area contributed by atoms with Crippen LogP contribution in [0, 0.1) is 6.92 Å². The standard InChI is InChI=1S/C14H14N2S/c1-10-7-8-12(11-5-3-2-4-6-11)13(9-10)16-14(15)17/h2-9H,1H3,(H3,15,16,17). The SMILES string of the molecule is Cc1ccc(-c2ccccc2)c(NC(N)=S)c1. The molecular weight excluding hydrogens is 228 g/mol. The summed E-state index contributed by atoms with van der Waals surface area (Å²) in [4.78, 5) is 0. The van der Waals surface area contributed by atoms with Crippen molar-refractivity contribution in [3.05, 3.63) is 54.1 Å². The minimum absolute atomic E-state index is 0.285. The second-order valence-electron chi connectivity index (χ2n) is 3.90. The largest absolute Gasteiger partial charge is 0.376 e. The second-order valence-corrected chi connectivity index (χ2v) is 4.34. The average molecular weight is 242 g/mol. The highest BCUT2D eigenvalue weighted by Gasteiger charge is 2.05. The van der Waals surface area contributed by atoms with Gasteiger partial charge < -0.3 is 11.1 Å². The van der Waals surface area contributed by atoms with Crippen molar-refractivity contribution in [3.8, 4) is 11.1 Å². The highest BCUT2D eigenvalue weighted by atomic mass is 32.1. The smallest absolute Gasteiger partial charge is 0.168 e. The predicted octanol–water partition coefficient (Wildman–Crippen LogP) is 3.32. The molecule has 0 aromatic heterocycles. The molecule has 0 aliphatic carbocycles. The van der Waals surface area contributed by atoms with Gasteiger partial charge in [-0.3, -0.25) is 0 Å². The second kappa shape index (κ2) is 4.97. The molecule has 0 spiro atoms. The van der Waals surface area contributed by atoms with Crippen molar-refractivity contribution in [1.29, 1.82) is 0 Å². The third kappa shape index (κ3) is 2.82. The maximum absolute atomic E-state index is 5.54. The molecule has 0 radical (unpaired) electrons. The van der Waals surface area contributed by atoms with Crippen LogP contribution < -0.4 is 11.1 Å². The van der Waals surface area contributed by atoms with Gasteiger partial charge in [0.15, 0.2) is 5.11 Å². The molecule has 0 saturated heterocycles. The fourth-order valence-electron chi connectivity index (χ4n) is 1.76. The summed E-state index contributed by atoms with van der Waals surface area (Å²) in [5.74, 6) is 0. The zero-order chi connectivity index (χ0) is 12.3. The monoisotopic (exact) mass is 242 g/mol. The van der Waals surface area contributed by atoms with Gasteiger partial charge in [-0.25, -0.2) is 0 Å². The average Bonchev–Trinajstić information content (AvgIpc) is 2.29. The number of nitrogens with two attached hydrogens (primary N) is 1. The van der Waals surface area contributed by atoms with Gasteiger partial charge in [0.2, 0.25) is 0 Å². The van der Waals surface area contributed by atoms with Gasteiger partial charge in [-0.05, 0) is 36.3 Å². The lowest BCUT2D eigenvalue weighted by molar-refractivity contribution is 1.46. The van der Waals surface area contributed by atoms with Crippen LogP contribution in [0.1, 0.15) is 5.56 Å². The molecular formula is C14H14N2S. The Hall–Kier alpha value is -1.87. The highest BCUT2D eigenvalue weighted by Crippen LogP contribution is 2.28. The van der Waals surface area contributed by atoms with E-state index < -0.39 is 0 Å². The van der Waals surface area contributed by atoms with E-state index in [1.807, 2.05) is 31.2 Å². The lowest BCUT2D eigenvalue weighted by atomic mass is 10.0. The fraction of sp³-hybridized carbons (Fsp3) is 0.0714. The number of benzene rings is 2. The van der Waals surface area contributed by atoms with Crippen molar-refractivity contribution in [2.75, 3.05) is 5.32 Å². The van der Waals surface area contributed by atoms with E-state index in [1.165, 1.54) is 5.56 Å². The van der Waals surface area contributed by atoms with Crippen LogP contribution in [0.25, 0.3) is 11.1 Å². The van der Waals surface area contributed by atoms with E-state index in [0.29, 0.717) is 0 Å². The molecule has 0 bridgehead atoms. The van der Waals surface area contributed by atoms with Crippen LogP contribution in [0.2, 0.25) is 0 Å². The van der Waals surface area contributed by atoms with Crippen molar-refractivity contribution in [2.24, 2.45) is 5.73 Å². The zero-order valence-electron chi connectivity index (χ0n) is 9.60. The third-order valence-corrected chi connectivity index (χ3v) is 2.62. The van der Waals surface area contributed by atoms with Gasteiger partial charge in [0.1, 0.15) is 0 Å². The van der Waals surface area contributed by atoms with Gasteiger partial charge in [-0.1, -0.05) is 42.5 Å². The maximum Gasteiger partial charge on any atom is 0.168 e. The van der Waals surface area contributed by atoms with Crippen molar-refractivity contribution >= 4 is 23.0 Å². The number of thiocarbonyl (C=S) groups is 1. The van der Waals surface area contributed by atoms with Gasteiger partial charge >= 0.3 is 0 Å². The van der Waals surface area contributed by atoms with Crippen LogP contribution in [0.15, 0.2) is 48.5 Å². The van der Waals surface area contributed by atoms with Crippen LogP contribution in [-0.4, -0.2) is 5.11 Å². The number of rotatable bonds is 2. The number of aryl methyl sites for hydroxylation is 1. The van der Waals surface area contributed by atoms with E-state index in [4.69, 9.17) is 18.0 Å². The summed E-state index contributed by atoms with van der Waals surface area (Å²) in [6, 6.07) is 16.3. The number of nitrogens with one attached hydrogen (secondary N) is 1. The van der Waals surface area contributed by atoms with Gasteiger partial charge in [-0.2, -0.15) is 0 Å². The topological polar surface area (TPSA) is 38.0 Å². The van der Waals surface area contributed by atoms with Crippen LogP contribution >= 0.6 is 12.2 Å². The fourth-order valence-corrected chi connectivity index (χ4v) is 1.87. The van der Waals surface area contributed by atoms with Gasteiger partial charge in [0.25, 0.3) is 0 Å². The van der Waals surface area contributed by atoms with E-state index in [9.17, 15) is 0 Å². The Bertz CT molecular complexity index is 535. The Balaban J connectivity index is 2.50. The van der Waals surface area contributed by atoms with Crippen molar-refractivity contribution in [1.82, 2.24) is 0 Å².